The van der Waals surface area contributed by atoms with Crippen molar-refractivity contribution in [3.63, 3.8) is 0 Å². The molecule has 0 radical (unpaired) electrons. The summed E-state index contributed by atoms with van der Waals surface area (Å²) in [5.74, 6) is 0.109. The Morgan fingerprint density at radius 2 is 2.13 bits per heavy atom. The van der Waals surface area contributed by atoms with Gasteiger partial charge in [-0.1, -0.05) is 26.2 Å². The molecular weight excluding hydrogens is 194 g/mol. The molecule has 0 fully saturated rings. The van der Waals surface area contributed by atoms with Crippen LogP contribution in [0.15, 0.2) is 11.5 Å². The molecule has 0 aromatic heterocycles. The summed E-state index contributed by atoms with van der Waals surface area (Å²) < 4.78 is 4.91. The minimum Gasteiger partial charge on any atom is -0.496 e. The van der Waals surface area contributed by atoms with Gasteiger partial charge in [0.2, 0.25) is 5.78 Å². The molecular formula is C11H19NO3. The number of hydrogen-bond acceptors (Lipinski definition) is 4. The number of hydrogen-bond donors (Lipinski definition) is 2. The van der Waals surface area contributed by atoms with Crippen LogP contribution < -0.4 is 5.32 Å². The van der Waals surface area contributed by atoms with E-state index in [1.165, 1.54) is 20.0 Å². The number of carbonyl (C=O) groups is 1. The summed E-state index contributed by atoms with van der Waals surface area (Å²) in [7, 11) is 1.46. The Balaban J connectivity index is 2.26. The third-order valence-electron chi connectivity index (χ3n) is 2.54. The van der Waals surface area contributed by atoms with Gasteiger partial charge in [0.15, 0.2) is 11.9 Å². The van der Waals surface area contributed by atoms with Gasteiger partial charge in [-0.05, 0) is 6.42 Å². The van der Waals surface area contributed by atoms with E-state index in [-0.39, 0.29) is 5.78 Å². The first kappa shape index (κ1) is 12.0. The van der Waals surface area contributed by atoms with Crippen molar-refractivity contribution < 1.29 is 14.6 Å². The van der Waals surface area contributed by atoms with E-state index in [4.69, 9.17) is 4.74 Å². The SMILES string of the molecule is CCCCCCNC1=C(OC)C(O)C1=O. The lowest BCUT2D eigenvalue weighted by atomic mass is 9.97. The summed E-state index contributed by atoms with van der Waals surface area (Å²) >= 11 is 0. The third-order valence-corrected chi connectivity index (χ3v) is 2.54. The molecule has 0 bridgehead atoms. The number of rotatable bonds is 7. The van der Waals surface area contributed by atoms with Gasteiger partial charge in [0, 0.05) is 6.54 Å². The minimum atomic E-state index is -1.05. The van der Waals surface area contributed by atoms with Crippen LogP contribution in [0.5, 0.6) is 0 Å². The molecule has 1 aliphatic carbocycles. The van der Waals surface area contributed by atoms with E-state index in [0.717, 1.165) is 19.4 Å². The second-order valence-electron chi connectivity index (χ2n) is 3.70. The number of nitrogens with one attached hydrogen (secondary N) is 1. The highest BCUT2D eigenvalue weighted by Gasteiger charge is 2.39. The van der Waals surface area contributed by atoms with Crippen LogP contribution in [-0.2, 0) is 9.53 Å². The largest absolute Gasteiger partial charge is 0.496 e. The van der Waals surface area contributed by atoms with Gasteiger partial charge < -0.3 is 15.2 Å². The molecule has 1 rings (SSSR count). The summed E-state index contributed by atoms with van der Waals surface area (Å²) in [5.41, 5.74) is 0.446. The third kappa shape index (κ3) is 2.72. The van der Waals surface area contributed by atoms with Gasteiger partial charge in [0.1, 0.15) is 5.70 Å². The Kier molecular flexibility index (Phi) is 4.62. The van der Waals surface area contributed by atoms with Gasteiger partial charge >= 0.3 is 0 Å². The topological polar surface area (TPSA) is 58.6 Å². The number of ketones is 1. The maximum absolute atomic E-state index is 11.2. The van der Waals surface area contributed by atoms with Gasteiger partial charge in [-0.25, -0.2) is 0 Å². The maximum Gasteiger partial charge on any atom is 0.218 e. The Morgan fingerprint density at radius 1 is 1.40 bits per heavy atom. The van der Waals surface area contributed by atoms with Crippen molar-refractivity contribution in [3.05, 3.63) is 11.5 Å². The predicted octanol–water partition coefficient (Wildman–Crippen LogP) is 0.958. The highest BCUT2D eigenvalue weighted by atomic mass is 16.5. The first-order valence-electron chi connectivity index (χ1n) is 5.46. The summed E-state index contributed by atoms with van der Waals surface area (Å²) in [6.45, 7) is 2.92. The molecule has 0 amide bonds. The molecule has 0 aliphatic heterocycles. The van der Waals surface area contributed by atoms with Gasteiger partial charge in [-0.2, -0.15) is 0 Å². The van der Waals surface area contributed by atoms with Crippen LogP contribution in [0.1, 0.15) is 32.6 Å². The monoisotopic (exact) mass is 213 g/mol. The highest BCUT2D eigenvalue weighted by molar-refractivity contribution is 6.07. The zero-order valence-electron chi connectivity index (χ0n) is 9.38. The molecule has 2 N–H and O–H groups in total. The lowest BCUT2D eigenvalue weighted by molar-refractivity contribution is -0.128. The number of Topliss-reactive ketones (excluding diaryl/α,β-unsaturated/α-hetero) is 1. The van der Waals surface area contributed by atoms with Gasteiger partial charge in [-0.15, -0.1) is 0 Å². The predicted molar refractivity (Wildman–Crippen MR) is 57.2 cm³/mol. The van der Waals surface area contributed by atoms with Crippen molar-refractivity contribution in [2.45, 2.75) is 38.7 Å². The lowest BCUT2D eigenvalue weighted by Crippen LogP contribution is -2.43. The first-order valence-corrected chi connectivity index (χ1v) is 5.46. The number of methoxy groups -OCH3 is 1. The van der Waals surface area contributed by atoms with E-state index in [1.54, 1.807) is 0 Å². The van der Waals surface area contributed by atoms with E-state index in [9.17, 15) is 9.90 Å². The molecule has 0 aromatic rings. The number of aliphatic hydroxyl groups is 1. The van der Waals surface area contributed by atoms with Crippen molar-refractivity contribution >= 4 is 5.78 Å². The first-order chi connectivity index (χ1) is 7.22. The average Bonchev–Trinajstić information content (AvgIpc) is 2.26. The maximum atomic E-state index is 11.2. The van der Waals surface area contributed by atoms with Gasteiger partial charge in [-0.3, -0.25) is 4.79 Å². The van der Waals surface area contributed by atoms with Crippen molar-refractivity contribution in [2.75, 3.05) is 13.7 Å². The molecule has 1 unspecified atom stereocenters. The standard InChI is InChI=1S/C11H19NO3/c1-3-4-5-6-7-12-8-9(13)10(14)11(8)15-2/h10,12,14H,3-7H2,1-2H3. The van der Waals surface area contributed by atoms with E-state index < -0.39 is 6.10 Å². The van der Waals surface area contributed by atoms with E-state index >= 15 is 0 Å². The molecule has 4 heteroatoms. The number of ether oxygens (including phenoxy) is 1. The van der Waals surface area contributed by atoms with Crippen LogP contribution in [0.25, 0.3) is 0 Å². The number of aliphatic hydroxyl groups excluding tert-OH is 1. The second-order valence-corrected chi connectivity index (χ2v) is 3.70. The molecule has 0 saturated heterocycles. The molecule has 1 atom stereocenters. The lowest BCUT2D eigenvalue weighted by Gasteiger charge is -2.27. The summed E-state index contributed by atoms with van der Waals surface area (Å²) in [6.07, 6.45) is 3.57. The summed E-state index contributed by atoms with van der Waals surface area (Å²) in [4.78, 5) is 11.2. The fourth-order valence-electron chi connectivity index (χ4n) is 1.59. The molecule has 1 aliphatic rings. The summed E-state index contributed by atoms with van der Waals surface area (Å²) in [5, 5.41) is 12.2. The van der Waals surface area contributed by atoms with Crippen LogP contribution in [0.3, 0.4) is 0 Å². The van der Waals surface area contributed by atoms with E-state index in [1.807, 2.05) is 0 Å². The smallest absolute Gasteiger partial charge is 0.218 e. The second kappa shape index (κ2) is 5.75. The molecule has 0 spiro atoms. The molecule has 0 saturated carbocycles. The Labute approximate surface area is 90.3 Å². The normalized spacial score (nSPS) is 20.2. The van der Waals surface area contributed by atoms with Crippen molar-refractivity contribution in [3.8, 4) is 0 Å². The molecule has 86 valence electrons. The minimum absolute atomic E-state index is 0.262. The quantitative estimate of drug-likeness (QED) is 0.618. The zero-order valence-corrected chi connectivity index (χ0v) is 9.38. The van der Waals surface area contributed by atoms with Crippen LogP contribution >= 0.6 is 0 Å². The Hall–Kier alpha value is -1.03. The number of unbranched alkanes of at least 4 members (excludes halogenated alkanes) is 3. The fourth-order valence-corrected chi connectivity index (χ4v) is 1.59. The average molecular weight is 213 g/mol. The molecule has 4 nitrogen and oxygen atoms in total. The Morgan fingerprint density at radius 3 is 2.73 bits per heavy atom. The van der Waals surface area contributed by atoms with Crippen LogP contribution in [0.4, 0.5) is 0 Å². The van der Waals surface area contributed by atoms with E-state index in [2.05, 4.69) is 12.2 Å². The molecule has 0 heterocycles. The van der Waals surface area contributed by atoms with Crippen molar-refractivity contribution in [1.82, 2.24) is 5.32 Å². The van der Waals surface area contributed by atoms with Crippen LogP contribution in [0, 0.1) is 0 Å². The molecule has 0 aromatic carbocycles. The van der Waals surface area contributed by atoms with Gasteiger partial charge in [0.25, 0.3) is 0 Å². The summed E-state index contributed by atoms with van der Waals surface area (Å²) in [6, 6.07) is 0. The van der Waals surface area contributed by atoms with Crippen molar-refractivity contribution in [1.29, 1.82) is 0 Å². The zero-order chi connectivity index (χ0) is 11.3. The van der Waals surface area contributed by atoms with E-state index in [0.29, 0.717) is 11.5 Å². The molecule has 15 heavy (non-hydrogen) atoms. The Bertz CT molecular complexity index is 261. The highest BCUT2D eigenvalue weighted by Crippen LogP contribution is 2.22. The number of carbonyl (C=O) groups excluding carboxylic acids is 1. The van der Waals surface area contributed by atoms with Crippen LogP contribution in [-0.4, -0.2) is 30.6 Å². The van der Waals surface area contributed by atoms with Crippen molar-refractivity contribution in [2.24, 2.45) is 0 Å². The fraction of sp³-hybridized carbons (Fsp3) is 0.727. The van der Waals surface area contributed by atoms with Crippen LogP contribution in [0.2, 0.25) is 0 Å². The van der Waals surface area contributed by atoms with Gasteiger partial charge in [0.05, 0.1) is 7.11 Å².